The third-order valence-corrected chi connectivity index (χ3v) is 10.1. The number of unbranched alkanes of at least 4 members (excludes halogenated alkanes) is 9. The van der Waals surface area contributed by atoms with Gasteiger partial charge in [-0.1, -0.05) is 107 Å². The van der Waals surface area contributed by atoms with Crippen LogP contribution in [-0.2, 0) is 11.3 Å². The zero-order valence-corrected chi connectivity index (χ0v) is 28.3. The normalized spacial score (nSPS) is 16.3. The Bertz CT molecular complexity index is 1420. The first kappa shape index (κ1) is 33.8. The fraction of sp³-hybridized carbons (Fsp3) is 0.543. The molecule has 2 fully saturated rings. The minimum Gasteiger partial charge on any atom is -0.368 e. The number of carbonyl (C=O) groups excluding carboxylic acids is 1. The molecule has 0 spiro atoms. The maximum Gasteiger partial charge on any atom is 0.270 e. The minimum absolute atomic E-state index is 0.0806. The van der Waals surface area contributed by atoms with E-state index in [0.717, 1.165) is 50.4 Å². The Morgan fingerprint density at radius 3 is 2.07 bits per heavy atom. The van der Waals surface area contributed by atoms with E-state index in [2.05, 4.69) is 34.9 Å². The molecule has 0 N–H and O–H groups in total. The Balaban J connectivity index is 1.48. The molecule has 0 unspecified atom stereocenters. The van der Waals surface area contributed by atoms with E-state index in [-0.39, 0.29) is 17.0 Å². The van der Waals surface area contributed by atoms with E-state index in [4.69, 9.17) is 12.2 Å². The molecular weight excluding hydrogens is 587 g/mol. The van der Waals surface area contributed by atoms with Crippen LogP contribution in [0.3, 0.4) is 0 Å². The van der Waals surface area contributed by atoms with Gasteiger partial charge in [0, 0.05) is 50.5 Å². The van der Waals surface area contributed by atoms with Gasteiger partial charge in [0.25, 0.3) is 11.5 Å². The number of hydrogen-bond donors (Lipinski definition) is 0. The lowest BCUT2D eigenvalue weighted by Crippen LogP contribution is -2.48. The van der Waals surface area contributed by atoms with Gasteiger partial charge in [-0.3, -0.25) is 19.1 Å². The Labute approximate surface area is 272 Å². The van der Waals surface area contributed by atoms with Crippen molar-refractivity contribution in [2.75, 3.05) is 42.5 Å². The molecule has 2 aliphatic heterocycles. The predicted molar refractivity (Wildman–Crippen MR) is 188 cm³/mol. The number of pyridine rings is 1. The molecule has 236 valence electrons. The molecule has 0 radical (unpaired) electrons. The number of piperazine rings is 1. The van der Waals surface area contributed by atoms with Crippen LogP contribution in [0.15, 0.2) is 40.0 Å². The lowest BCUT2D eigenvalue weighted by molar-refractivity contribution is -0.122. The number of nitrogens with zero attached hydrogens (tertiary/aromatic N) is 5. The van der Waals surface area contributed by atoms with Crippen LogP contribution < -0.4 is 15.4 Å². The van der Waals surface area contributed by atoms with Crippen molar-refractivity contribution in [2.24, 2.45) is 0 Å². The van der Waals surface area contributed by atoms with Gasteiger partial charge in [-0.15, -0.1) is 0 Å². The number of carbonyl (C=O) groups is 1. The molecule has 1 aromatic heterocycles. The number of aromatic nitrogens is 1. The topological polar surface area (TPSA) is 72.6 Å². The van der Waals surface area contributed by atoms with Gasteiger partial charge in [0.1, 0.15) is 21.8 Å². The van der Waals surface area contributed by atoms with Gasteiger partial charge in [0.05, 0.1) is 4.91 Å². The number of thiocarbonyl (C=S) groups is 1. The summed E-state index contributed by atoms with van der Waals surface area (Å²) in [6, 6.07) is 12.5. The maximum atomic E-state index is 13.6. The van der Waals surface area contributed by atoms with Crippen LogP contribution in [-0.4, -0.2) is 52.4 Å². The van der Waals surface area contributed by atoms with Crippen LogP contribution >= 0.6 is 24.0 Å². The van der Waals surface area contributed by atoms with Gasteiger partial charge in [0.15, 0.2) is 0 Å². The number of rotatable bonds is 15. The Morgan fingerprint density at radius 1 is 0.886 bits per heavy atom. The van der Waals surface area contributed by atoms with Gasteiger partial charge in [-0.2, -0.15) is 5.26 Å². The lowest BCUT2D eigenvalue weighted by atomic mass is 10.0. The molecule has 0 bridgehead atoms. The van der Waals surface area contributed by atoms with Crippen molar-refractivity contribution < 1.29 is 4.79 Å². The van der Waals surface area contributed by atoms with Crippen molar-refractivity contribution in [3.05, 3.63) is 62.3 Å². The molecule has 9 heteroatoms. The Kier molecular flexibility index (Phi) is 12.9. The molecule has 1 aromatic carbocycles. The molecule has 4 rings (SSSR count). The number of benzene rings is 1. The number of anilines is 2. The maximum absolute atomic E-state index is 13.6. The van der Waals surface area contributed by atoms with Crippen molar-refractivity contribution in [1.29, 1.82) is 5.26 Å². The average molecular weight is 634 g/mol. The lowest BCUT2D eigenvalue weighted by Gasteiger charge is -2.39. The fourth-order valence-electron chi connectivity index (χ4n) is 6.17. The summed E-state index contributed by atoms with van der Waals surface area (Å²) < 4.78 is 2.28. The standard InChI is InChI=1S/C35H47N5O2S2/c1-4-6-7-8-9-10-11-12-13-17-20-40-34(42)31(44-35(40)43)25-29-27(3)30(26-36)33(41)39(5-2)32(29)38-23-21-37(22-24-38)28-18-15-14-16-19-28/h14-16,18-19,25H,4-13,17,20-24H2,1-3H3. The molecule has 2 aromatic rings. The predicted octanol–water partition coefficient (Wildman–Crippen LogP) is 7.50. The summed E-state index contributed by atoms with van der Waals surface area (Å²) in [6.45, 7) is 10.1. The largest absolute Gasteiger partial charge is 0.368 e. The monoisotopic (exact) mass is 633 g/mol. The Morgan fingerprint density at radius 2 is 1.48 bits per heavy atom. The third kappa shape index (κ3) is 8.13. The second-order valence-corrected chi connectivity index (χ2v) is 13.4. The van der Waals surface area contributed by atoms with Crippen molar-refractivity contribution >= 4 is 51.8 Å². The SMILES string of the molecule is CCCCCCCCCCCCN1C(=O)C(=Cc2c(C)c(C#N)c(=O)n(CC)c2N2CCN(c3ccccc3)CC2)SC1=S. The van der Waals surface area contributed by atoms with Crippen LogP contribution in [0.4, 0.5) is 11.5 Å². The smallest absolute Gasteiger partial charge is 0.270 e. The van der Waals surface area contributed by atoms with Crippen LogP contribution in [0.1, 0.15) is 94.7 Å². The molecule has 1 amide bonds. The van der Waals surface area contributed by atoms with E-state index < -0.39 is 0 Å². The second-order valence-electron chi connectivity index (χ2n) is 11.7. The zero-order valence-electron chi connectivity index (χ0n) is 26.6. The second kappa shape index (κ2) is 16.8. The molecule has 0 atom stereocenters. The molecule has 3 heterocycles. The summed E-state index contributed by atoms with van der Waals surface area (Å²) >= 11 is 6.98. The molecular formula is C35H47N5O2S2. The number of hydrogen-bond acceptors (Lipinski definition) is 7. The number of thioether (sulfide) groups is 1. The van der Waals surface area contributed by atoms with E-state index in [1.807, 2.05) is 38.1 Å². The highest BCUT2D eigenvalue weighted by Gasteiger charge is 2.33. The molecule has 44 heavy (non-hydrogen) atoms. The minimum atomic E-state index is -0.279. The van der Waals surface area contributed by atoms with Crippen molar-refractivity contribution in [3.63, 3.8) is 0 Å². The summed E-state index contributed by atoms with van der Waals surface area (Å²) in [4.78, 5) is 33.9. The van der Waals surface area contributed by atoms with E-state index in [1.54, 1.807) is 9.47 Å². The van der Waals surface area contributed by atoms with Crippen molar-refractivity contribution in [2.45, 2.75) is 91.5 Å². The summed E-state index contributed by atoms with van der Waals surface area (Å²) in [5.41, 5.74) is 2.41. The highest BCUT2D eigenvalue weighted by molar-refractivity contribution is 8.26. The van der Waals surface area contributed by atoms with Crippen LogP contribution in [0.25, 0.3) is 6.08 Å². The van der Waals surface area contributed by atoms with E-state index in [9.17, 15) is 14.9 Å². The zero-order chi connectivity index (χ0) is 31.5. The molecule has 2 aliphatic rings. The third-order valence-electron chi connectivity index (χ3n) is 8.75. The number of amides is 1. The van der Waals surface area contributed by atoms with Crippen LogP contribution in [0.2, 0.25) is 0 Å². The van der Waals surface area contributed by atoms with Gasteiger partial charge in [-0.05, 0) is 44.0 Å². The molecule has 0 aliphatic carbocycles. The molecule has 7 nitrogen and oxygen atoms in total. The summed E-state index contributed by atoms with van der Waals surface area (Å²) in [6.07, 6.45) is 14.3. The van der Waals surface area contributed by atoms with E-state index in [1.165, 1.54) is 68.8 Å². The number of nitriles is 1. The molecule has 2 saturated heterocycles. The summed E-state index contributed by atoms with van der Waals surface area (Å²) in [7, 11) is 0. The van der Waals surface area contributed by atoms with Gasteiger partial charge in [0.2, 0.25) is 0 Å². The summed E-state index contributed by atoms with van der Waals surface area (Å²) in [5, 5.41) is 9.92. The first-order valence-electron chi connectivity index (χ1n) is 16.4. The van der Waals surface area contributed by atoms with E-state index in [0.29, 0.717) is 27.9 Å². The van der Waals surface area contributed by atoms with E-state index >= 15 is 0 Å². The van der Waals surface area contributed by atoms with Gasteiger partial charge >= 0.3 is 0 Å². The van der Waals surface area contributed by atoms with Crippen molar-refractivity contribution in [3.8, 4) is 6.07 Å². The van der Waals surface area contributed by atoms with Crippen LogP contribution in [0.5, 0.6) is 0 Å². The van der Waals surface area contributed by atoms with Crippen LogP contribution in [0, 0.1) is 18.3 Å². The average Bonchev–Trinajstić information content (AvgIpc) is 3.31. The fourth-order valence-corrected chi connectivity index (χ4v) is 7.47. The Hall–Kier alpha value is -3.09. The van der Waals surface area contributed by atoms with Gasteiger partial charge < -0.3 is 9.80 Å². The first-order valence-corrected chi connectivity index (χ1v) is 17.6. The molecule has 0 saturated carbocycles. The number of para-hydroxylation sites is 1. The summed E-state index contributed by atoms with van der Waals surface area (Å²) in [5.74, 6) is 0.699. The quantitative estimate of drug-likeness (QED) is 0.114. The van der Waals surface area contributed by atoms with Crippen molar-refractivity contribution in [1.82, 2.24) is 9.47 Å². The highest BCUT2D eigenvalue weighted by atomic mass is 32.2. The van der Waals surface area contributed by atoms with Gasteiger partial charge in [-0.25, -0.2) is 0 Å². The first-order chi connectivity index (χ1) is 21.4. The highest BCUT2D eigenvalue weighted by Crippen LogP contribution is 2.36.